The summed E-state index contributed by atoms with van der Waals surface area (Å²) in [7, 11) is 0. The molecule has 0 amide bonds. The summed E-state index contributed by atoms with van der Waals surface area (Å²) in [6.45, 7) is 3.14. The van der Waals surface area contributed by atoms with E-state index in [0.717, 1.165) is 11.1 Å². The maximum atomic E-state index is 12.8. The molecule has 1 heterocycles. The minimum atomic E-state index is -1.29. The number of hydrogen-bond acceptors (Lipinski definition) is 4. The molecule has 1 aliphatic heterocycles. The Morgan fingerprint density at radius 3 is 1.84 bits per heavy atom. The molecule has 2 aromatic rings. The second-order valence-corrected chi connectivity index (χ2v) is 6.75. The molecule has 4 rings (SSSR count). The van der Waals surface area contributed by atoms with Crippen LogP contribution in [0.5, 0.6) is 0 Å². The zero-order chi connectivity index (χ0) is 16.9. The van der Waals surface area contributed by atoms with Crippen LogP contribution in [0.4, 0.5) is 0 Å². The summed E-state index contributed by atoms with van der Waals surface area (Å²) in [5.41, 5.74) is 0.554. The quantitative estimate of drug-likeness (QED) is 0.434. The normalized spacial score (nSPS) is 25.5. The van der Waals surface area contributed by atoms with Crippen LogP contribution < -0.4 is 0 Å². The van der Waals surface area contributed by atoms with E-state index in [-0.39, 0.29) is 44.5 Å². The summed E-state index contributed by atoms with van der Waals surface area (Å²) in [5.74, 6) is -2.80. The van der Waals surface area contributed by atoms with Crippen molar-refractivity contribution in [3.8, 4) is 0 Å². The van der Waals surface area contributed by atoms with Crippen LogP contribution in [0.25, 0.3) is 0 Å². The Hall–Kier alpha value is -1.52. The van der Waals surface area contributed by atoms with Crippen molar-refractivity contribution < 1.29 is 51.8 Å². The first-order valence-corrected chi connectivity index (χ1v) is 7.94. The van der Waals surface area contributed by atoms with Gasteiger partial charge in [0, 0.05) is 52.5 Å². The Balaban J connectivity index is 0.00000182. The SMILES string of the molecule is CC1(C)OC(=O)C2(C(=O)O1)C(c1ccccc1)[C@H]2c1cc[c-]cc1.[Y]. The third-order valence-electron chi connectivity index (χ3n) is 4.82. The third kappa shape index (κ3) is 2.76. The van der Waals surface area contributed by atoms with E-state index in [1.54, 1.807) is 26.0 Å². The average Bonchev–Trinajstić information content (AvgIpc) is 3.25. The Morgan fingerprint density at radius 1 is 0.840 bits per heavy atom. The summed E-state index contributed by atoms with van der Waals surface area (Å²) in [6, 6.07) is 19.9. The van der Waals surface area contributed by atoms with Gasteiger partial charge in [-0.25, -0.2) is 0 Å². The number of rotatable bonds is 2. The van der Waals surface area contributed by atoms with E-state index in [9.17, 15) is 9.59 Å². The largest absolute Gasteiger partial charge is 0.422 e. The molecule has 1 saturated carbocycles. The first kappa shape index (κ1) is 18.3. The van der Waals surface area contributed by atoms with E-state index in [1.165, 1.54) is 0 Å². The fourth-order valence-electron chi connectivity index (χ4n) is 3.79. The zero-order valence-electron chi connectivity index (χ0n) is 14.1. The van der Waals surface area contributed by atoms with Gasteiger partial charge in [0.1, 0.15) is 0 Å². The molecule has 1 aliphatic carbocycles. The molecule has 125 valence electrons. The van der Waals surface area contributed by atoms with E-state index in [1.807, 2.05) is 42.5 Å². The van der Waals surface area contributed by atoms with Gasteiger partial charge in [0.2, 0.25) is 0 Å². The number of carbonyl (C=O) groups excluding carboxylic acids is 2. The van der Waals surface area contributed by atoms with Gasteiger partial charge in [-0.1, -0.05) is 30.3 Å². The van der Waals surface area contributed by atoms with Crippen molar-refractivity contribution >= 4 is 11.9 Å². The van der Waals surface area contributed by atoms with Crippen molar-refractivity contribution in [2.45, 2.75) is 31.5 Å². The smallest absolute Gasteiger partial charge is 0.327 e. The van der Waals surface area contributed by atoms with Gasteiger partial charge >= 0.3 is 11.9 Å². The van der Waals surface area contributed by atoms with Crippen molar-refractivity contribution in [1.82, 2.24) is 0 Å². The van der Waals surface area contributed by atoms with Gasteiger partial charge in [-0.05, 0) is 11.5 Å². The number of hydrogen-bond donors (Lipinski definition) is 0. The van der Waals surface area contributed by atoms with Crippen molar-refractivity contribution in [1.29, 1.82) is 0 Å². The van der Waals surface area contributed by atoms with Gasteiger partial charge in [-0.15, -0.1) is 0 Å². The molecule has 2 aliphatic rings. The second kappa shape index (κ2) is 6.33. The van der Waals surface area contributed by atoms with Crippen LogP contribution >= 0.6 is 0 Å². The van der Waals surface area contributed by atoms with Gasteiger partial charge in [0.25, 0.3) is 5.79 Å². The first-order valence-electron chi connectivity index (χ1n) is 7.94. The Kier molecular flexibility index (Phi) is 4.63. The fourth-order valence-corrected chi connectivity index (χ4v) is 3.79. The van der Waals surface area contributed by atoms with Crippen molar-refractivity contribution in [3.05, 3.63) is 71.8 Å². The Morgan fingerprint density at radius 2 is 1.32 bits per heavy atom. The van der Waals surface area contributed by atoms with Gasteiger partial charge in [0.15, 0.2) is 5.41 Å². The van der Waals surface area contributed by atoms with Crippen LogP contribution in [-0.4, -0.2) is 17.7 Å². The number of cyclic esters (lactones) is 2. The predicted molar refractivity (Wildman–Crippen MR) is 85.9 cm³/mol. The molecule has 0 bridgehead atoms. The predicted octanol–water partition coefficient (Wildman–Crippen LogP) is 3.19. The van der Waals surface area contributed by atoms with Gasteiger partial charge in [0.05, 0.1) is 0 Å². The molecular weight excluding hydrogens is 393 g/mol. The molecule has 1 spiro atoms. The Labute approximate surface area is 171 Å². The average molecular weight is 410 g/mol. The van der Waals surface area contributed by atoms with Crippen LogP contribution in [0.15, 0.2) is 54.6 Å². The molecule has 1 saturated heterocycles. The molecule has 2 fully saturated rings. The molecule has 25 heavy (non-hydrogen) atoms. The number of ether oxygens (including phenoxy) is 2. The summed E-state index contributed by atoms with van der Waals surface area (Å²) in [5, 5.41) is 0. The summed E-state index contributed by atoms with van der Waals surface area (Å²) in [6.07, 6.45) is 0. The molecule has 2 aromatic carbocycles. The van der Waals surface area contributed by atoms with Gasteiger partial charge < -0.3 is 9.47 Å². The van der Waals surface area contributed by atoms with Crippen LogP contribution in [-0.2, 0) is 51.8 Å². The molecule has 0 aromatic heterocycles. The van der Waals surface area contributed by atoms with Gasteiger partial charge in [-0.2, -0.15) is 35.9 Å². The number of benzene rings is 2. The van der Waals surface area contributed by atoms with Crippen LogP contribution in [0.3, 0.4) is 0 Å². The van der Waals surface area contributed by atoms with Gasteiger partial charge in [-0.3, -0.25) is 9.59 Å². The molecule has 4 nitrogen and oxygen atoms in total. The fraction of sp³-hybridized carbons (Fsp3) is 0.300. The third-order valence-corrected chi connectivity index (χ3v) is 4.82. The standard InChI is InChI=1S/C20H17O4.Y/c1-19(2)23-17(21)20(18(22)24-19)15(13-9-5-3-6-10-13)16(20)14-11-7-4-8-12-14;/h3,5-12,15-16H,1-2H3;/q-1;/t15?,16-;/m1./s1. The first-order chi connectivity index (χ1) is 11.5. The van der Waals surface area contributed by atoms with Crippen LogP contribution in [0, 0.1) is 11.5 Å². The number of carbonyl (C=O) groups is 2. The molecule has 0 N–H and O–H groups in total. The molecule has 5 heteroatoms. The van der Waals surface area contributed by atoms with E-state index in [4.69, 9.17) is 9.47 Å². The summed E-state index contributed by atoms with van der Waals surface area (Å²) < 4.78 is 10.9. The topological polar surface area (TPSA) is 52.6 Å². The van der Waals surface area contributed by atoms with E-state index in [0.29, 0.717) is 0 Å². The molecular formula is C20H17O4Y-. The van der Waals surface area contributed by atoms with Crippen molar-refractivity contribution in [2.24, 2.45) is 5.41 Å². The monoisotopic (exact) mass is 410 g/mol. The maximum Gasteiger partial charge on any atom is 0.327 e. The zero-order valence-corrected chi connectivity index (χ0v) is 16.9. The molecule has 1 radical (unpaired) electrons. The van der Waals surface area contributed by atoms with E-state index >= 15 is 0 Å². The van der Waals surface area contributed by atoms with Crippen LogP contribution in [0.2, 0.25) is 0 Å². The van der Waals surface area contributed by atoms with Crippen LogP contribution in [0.1, 0.15) is 36.8 Å². The summed E-state index contributed by atoms with van der Waals surface area (Å²) >= 11 is 0. The van der Waals surface area contributed by atoms with Crippen molar-refractivity contribution in [3.63, 3.8) is 0 Å². The summed E-state index contributed by atoms with van der Waals surface area (Å²) in [4.78, 5) is 25.7. The Bertz CT molecular complexity index is 733. The van der Waals surface area contributed by atoms with E-state index in [2.05, 4.69) is 6.07 Å². The second-order valence-electron chi connectivity index (χ2n) is 6.75. The molecule has 2 atom stereocenters. The minimum Gasteiger partial charge on any atom is -0.422 e. The minimum absolute atomic E-state index is 0. The van der Waals surface area contributed by atoms with E-state index < -0.39 is 23.1 Å². The molecule has 1 unspecified atom stereocenters. The van der Waals surface area contributed by atoms with Crippen molar-refractivity contribution in [2.75, 3.05) is 0 Å². The number of esters is 2. The maximum absolute atomic E-state index is 12.8.